The topological polar surface area (TPSA) is 85.9 Å². The molecule has 202 valence electrons. The number of hydrogen-bond donors (Lipinski definition) is 2. The van der Waals surface area contributed by atoms with Crippen molar-refractivity contribution < 1.29 is 23.4 Å². The Labute approximate surface area is 220 Å². The van der Waals surface area contributed by atoms with E-state index in [4.69, 9.17) is 4.74 Å². The number of piperazine rings is 1. The lowest BCUT2D eigenvalue weighted by molar-refractivity contribution is 0.0622. The first-order valence-electron chi connectivity index (χ1n) is 12.8. The third-order valence-electron chi connectivity index (χ3n) is 7.06. The van der Waals surface area contributed by atoms with Crippen LogP contribution in [0.2, 0.25) is 0 Å². The number of rotatable bonds is 8. The summed E-state index contributed by atoms with van der Waals surface area (Å²) in [5.74, 6) is -2.08. The summed E-state index contributed by atoms with van der Waals surface area (Å²) in [6, 6.07) is 9.55. The molecule has 1 aliphatic heterocycles. The summed E-state index contributed by atoms with van der Waals surface area (Å²) in [7, 11) is 1.55. The van der Waals surface area contributed by atoms with E-state index in [0.717, 1.165) is 24.5 Å². The van der Waals surface area contributed by atoms with Gasteiger partial charge in [-0.3, -0.25) is 14.5 Å². The number of carbonyl (C=O) groups excluding carboxylic acids is 1. The van der Waals surface area contributed by atoms with Crippen molar-refractivity contribution in [1.29, 1.82) is 0 Å². The highest BCUT2D eigenvalue weighted by Crippen LogP contribution is 2.38. The van der Waals surface area contributed by atoms with Crippen LogP contribution in [0.15, 0.2) is 41.2 Å². The number of nitrogens with zero attached hydrogens (tertiary/aromatic N) is 2. The Bertz CT molecular complexity index is 1380. The van der Waals surface area contributed by atoms with Gasteiger partial charge in [-0.15, -0.1) is 0 Å². The number of amides is 1. The van der Waals surface area contributed by atoms with E-state index in [1.165, 1.54) is 17.0 Å². The van der Waals surface area contributed by atoms with Crippen LogP contribution >= 0.6 is 0 Å². The van der Waals surface area contributed by atoms with Crippen LogP contribution in [0.4, 0.5) is 8.78 Å². The third kappa shape index (κ3) is 5.57. The van der Waals surface area contributed by atoms with Crippen LogP contribution in [0, 0.1) is 18.6 Å². The monoisotopic (exact) mass is 525 g/mol. The predicted molar refractivity (Wildman–Crippen MR) is 142 cm³/mol. The van der Waals surface area contributed by atoms with Crippen LogP contribution in [-0.2, 0) is 13.0 Å². The molecule has 0 unspecified atom stereocenters. The summed E-state index contributed by atoms with van der Waals surface area (Å²) in [5, 5.41) is 11.4. The molecule has 0 radical (unpaired) electrons. The molecule has 1 saturated heterocycles. The number of ether oxygens (including phenoxy) is 1. The molecular weight excluding hydrogens is 492 g/mol. The Kier molecular flexibility index (Phi) is 8.46. The maximum absolute atomic E-state index is 14.1. The van der Waals surface area contributed by atoms with Gasteiger partial charge >= 0.3 is 0 Å². The Balaban J connectivity index is 1.62. The van der Waals surface area contributed by atoms with Crippen LogP contribution in [0.3, 0.4) is 0 Å². The van der Waals surface area contributed by atoms with E-state index in [1.54, 1.807) is 13.2 Å². The first-order valence-corrected chi connectivity index (χ1v) is 12.8. The zero-order chi connectivity index (χ0) is 27.4. The summed E-state index contributed by atoms with van der Waals surface area (Å²) in [6.07, 6.45) is 2.23. The number of unbranched alkanes of at least 4 members (excludes halogenated alkanes) is 1. The predicted octanol–water partition coefficient (Wildman–Crippen LogP) is 4.64. The largest absolute Gasteiger partial charge is 0.506 e. The number of carbonyl (C=O) groups is 1. The molecule has 0 saturated carbocycles. The van der Waals surface area contributed by atoms with Crippen LogP contribution < -0.4 is 10.3 Å². The summed E-state index contributed by atoms with van der Waals surface area (Å²) in [6.45, 7) is 5.52. The van der Waals surface area contributed by atoms with Gasteiger partial charge in [0.2, 0.25) is 0 Å². The van der Waals surface area contributed by atoms with Crippen molar-refractivity contribution in [3.05, 3.63) is 80.8 Å². The molecule has 2 aromatic carbocycles. The summed E-state index contributed by atoms with van der Waals surface area (Å²) >= 11 is 0. The first kappa shape index (κ1) is 27.3. The fraction of sp³-hybridized carbons (Fsp3) is 0.379. The highest BCUT2D eigenvalue weighted by molar-refractivity contribution is 5.99. The van der Waals surface area contributed by atoms with Gasteiger partial charge in [0.15, 0.2) is 11.6 Å². The minimum Gasteiger partial charge on any atom is -0.506 e. The minimum atomic E-state index is -0.893. The molecule has 1 aliphatic rings. The van der Waals surface area contributed by atoms with Crippen molar-refractivity contribution in [2.24, 2.45) is 0 Å². The summed E-state index contributed by atoms with van der Waals surface area (Å²) in [5.41, 5.74) is 1.86. The molecule has 4 rings (SSSR count). The number of halogens is 2. The molecule has 7 nitrogen and oxygen atoms in total. The van der Waals surface area contributed by atoms with Gasteiger partial charge < -0.3 is 19.7 Å². The van der Waals surface area contributed by atoms with Gasteiger partial charge in [-0.2, -0.15) is 0 Å². The van der Waals surface area contributed by atoms with Crippen molar-refractivity contribution in [2.75, 3.05) is 33.3 Å². The Morgan fingerprint density at radius 2 is 1.87 bits per heavy atom. The molecule has 1 fully saturated rings. The Hall–Kier alpha value is -3.72. The lowest BCUT2D eigenvalue weighted by Gasteiger charge is -2.35. The van der Waals surface area contributed by atoms with Gasteiger partial charge in [-0.1, -0.05) is 31.5 Å². The van der Waals surface area contributed by atoms with E-state index >= 15 is 0 Å². The number of aryl methyl sites for hydroxylation is 2. The molecular formula is C29H33F2N3O4. The maximum Gasteiger partial charge on any atom is 0.264 e. The van der Waals surface area contributed by atoms with Crippen LogP contribution in [0.1, 0.15) is 46.9 Å². The lowest BCUT2D eigenvalue weighted by atomic mass is 9.94. The second kappa shape index (κ2) is 11.8. The third-order valence-corrected chi connectivity index (χ3v) is 7.06. The number of methoxy groups -OCH3 is 1. The van der Waals surface area contributed by atoms with Gasteiger partial charge in [0, 0.05) is 49.5 Å². The standard InChI is InChI=1S/C29H33F2N3O4/c1-4-5-9-23-24(21-16-20(38-3)11-10-18(21)2)27(35)25(28(36)32-23)29(37)34-14-12-33(13-15-34)17-19-7-6-8-22(30)26(19)31/h6-8,10-11,16H,4-5,9,12-15,17H2,1-3H3,(H2,32,35,36). The summed E-state index contributed by atoms with van der Waals surface area (Å²) < 4.78 is 33.0. The highest BCUT2D eigenvalue weighted by atomic mass is 19.2. The average molecular weight is 526 g/mol. The fourth-order valence-electron chi connectivity index (χ4n) is 4.84. The van der Waals surface area contributed by atoms with E-state index < -0.39 is 23.1 Å². The second-order valence-corrected chi connectivity index (χ2v) is 9.60. The van der Waals surface area contributed by atoms with Gasteiger partial charge in [0.05, 0.1) is 7.11 Å². The average Bonchev–Trinajstić information content (AvgIpc) is 2.91. The van der Waals surface area contributed by atoms with Crippen molar-refractivity contribution in [3.63, 3.8) is 0 Å². The van der Waals surface area contributed by atoms with Gasteiger partial charge in [-0.25, -0.2) is 8.78 Å². The molecule has 0 aliphatic carbocycles. The zero-order valence-electron chi connectivity index (χ0n) is 21.9. The van der Waals surface area contributed by atoms with E-state index in [0.29, 0.717) is 42.1 Å². The van der Waals surface area contributed by atoms with E-state index in [1.807, 2.05) is 30.9 Å². The lowest BCUT2D eigenvalue weighted by Crippen LogP contribution is -2.49. The van der Waals surface area contributed by atoms with Crippen molar-refractivity contribution >= 4 is 5.91 Å². The van der Waals surface area contributed by atoms with E-state index in [2.05, 4.69) is 4.98 Å². The maximum atomic E-state index is 14.1. The number of hydrogen-bond acceptors (Lipinski definition) is 5. The molecule has 9 heteroatoms. The van der Waals surface area contributed by atoms with Crippen LogP contribution in [0.25, 0.3) is 11.1 Å². The van der Waals surface area contributed by atoms with Crippen molar-refractivity contribution in [1.82, 2.24) is 14.8 Å². The molecule has 3 aromatic rings. The van der Waals surface area contributed by atoms with E-state index in [9.17, 15) is 23.5 Å². The van der Waals surface area contributed by atoms with Gasteiger partial charge in [0.1, 0.15) is 17.1 Å². The van der Waals surface area contributed by atoms with Crippen LogP contribution in [0.5, 0.6) is 11.5 Å². The number of aromatic hydroxyl groups is 1. The molecule has 38 heavy (non-hydrogen) atoms. The van der Waals surface area contributed by atoms with Crippen molar-refractivity contribution in [2.45, 2.75) is 39.7 Å². The minimum absolute atomic E-state index is 0.211. The summed E-state index contributed by atoms with van der Waals surface area (Å²) in [4.78, 5) is 32.9. The van der Waals surface area contributed by atoms with Gasteiger partial charge in [-0.05, 0) is 49.1 Å². The fourth-order valence-corrected chi connectivity index (χ4v) is 4.84. The number of nitrogens with one attached hydrogen (secondary N) is 1. The highest BCUT2D eigenvalue weighted by Gasteiger charge is 2.30. The first-order chi connectivity index (χ1) is 18.2. The molecule has 0 spiro atoms. The molecule has 0 atom stereocenters. The van der Waals surface area contributed by atoms with Crippen molar-refractivity contribution in [3.8, 4) is 22.6 Å². The molecule has 0 bridgehead atoms. The Morgan fingerprint density at radius 1 is 1.13 bits per heavy atom. The molecule has 2 N–H and O–H groups in total. The Morgan fingerprint density at radius 3 is 2.55 bits per heavy atom. The van der Waals surface area contributed by atoms with E-state index in [-0.39, 0.29) is 36.5 Å². The molecule has 1 aromatic heterocycles. The quantitative estimate of drug-likeness (QED) is 0.448. The molecule has 2 heterocycles. The van der Waals surface area contributed by atoms with Gasteiger partial charge in [0.25, 0.3) is 11.5 Å². The zero-order valence-corrected chi connectivity index (χ0v) is 21.9. The number of aromatic nitrogens is 1. The number of benzene rings is 2. The normalized spacial score (nSPS) is 14.1. The SMILES string of the molecule is CCCCc1[nH]c(=O)c(C(=O)N2CCN(Cc3cccc(F)c3F)CC2)c(O)c1-c1cc(OC)ccc1C. The number of H-pyrrole nitrogens is 1. The van der Waals surface area contributed by atoms with Crippen LogP contribution in [-0.4, -0.2) is 59.1 Å². The number of pyridine rings is 1. The number of aromatic amines is 1. The smallest absolute Gasteiger partial charge is 0.264 e. The molecule has 1 amide bonds. The second-order valence-electron chi connectivity index (χ2n) is 9.60.